The van der Waals surface area contributed by atoms with Crippen molar-refractivity contribution in [1.82, 2.24) is 9.78 Å². The first-order chi connectivity index (χ1) is 8.09. The van der Waals surface area contributed by atoms with Crippen LogP contribution in [0.25, 0.3) is 11.1 Å². The number of rotatable bonds is 2. The third-order valence-electron chi connectivity index (χ3n) is 3.59. The average Bonchev–Trinajstić information content (AvgIpc) is 2.63. The lowest BCUT2D eigenvalue weighted by Crippen LogP contribution is -2.22. The molecule has 1 fully saturated rings. The van der Waals surface area contributed by atoms with Crippen LogP contribution >= 0.6 is 0 Å². The number of nitrogen functional groups attached to an aromatic ring is 1. The van der Waals surface area contributed by atoms with Gasteiger partial charge in [0.1, 0.15) is 0 Å². The molecule has 2 heterocycles. The summed E-state index contributed by atoms with van der Waals surface area (Å²) >= 11 is 0. The molecule has 0 radical (unpaired) electrons. The van der Waals surface area contributed by atoms with Gasteiger partial charge in [-0.05, 0) is 19.8 Å². The molecule has 0 atom stereocenters. The number of aromatic nitrogens is 2. The van der Waals surface area contributed by atoms with Crippen molar-refractivity contribution < 1.29 is 9.21 Å². The largest absolute Gasteiger partial charge is 0.422 e. The molecule has 5 heteroatoms. The molecule has 0 aliphatic heterocycles. The molecule has 90 valence electrons. The molecule has 0 spiro atoms. The standard InChI is InChI=1S/C12H15N3O2/c1-6-8-9(10(16)7-4-3-5-7)11(13)17-12(8)15(2)14-6/h7H,3-5,13H2,1-2H3. The Labute approximate surface area is 98.6 Å². The van der Waals surface area contributed by atoms with E-state index >= 15 is 0 Å². The van der Waals surface area contributed by atoms with Gasteiger partial charge in [0.15, 0.2) is 5.78 Å². The SMILES string of the molecule is Cc1nn(C)c2oc(N)c(C(=O)C3CCC3)c12. The van der Waals surface area contributed by atoms with E-state index in [9.17, 15) is 4.79 Å². The summed E-state index contributed by atoms with van der Waals surface area (Å²) < 4.78 is 7.07. The van der Waals surface area contributed by atoms with Crippen molar-refractivity contribution in [3.8, 4) is 0 Å². The lowest BCUT2D eigenvalue weighted by Gasteiger charge is -2.23. The zero-order valence-electron chi connectivity index (χ0n) is 9.99. The van der Waals surface area contributed by atoms with Gasteiger partial charge in [-0.25, -0.2) is 4.68 Å². The summed E-state index contributed by atoms with van der Waals surface area (Å²) in [6.45, 7) is 1.87. The number of furan rings is 1. The molecule has 0 bridgehead atoms. The molecule has 2 aromatic heterocycles. The molecule has 1 saturated carbocycles. The summed E-state index contributed by atoms with van der Waals surface area (Å²) in [6, 6.07) is 0. The topological polar surface area (TPSA) is 74.1 Å². The molecule has 17 heavy (non-hydrogen) atoms. The number of ketones is 1. The number of carbonyl (C=O) groups is 1. The van der Waals surface area contributed by atoms with Gasteiger partial charge in [0.2, 0.25) is 11.6 Å². The highest BCUT2D eigenvalue weighted by Gasteiger charge is 2.32. The van der Waals surface area contributed by atoms with Gasteiger partial charge < -0.3 is 10.2 Å². The van der Waals surface area contributed by atoms with Gasteiger partial charge in [0, 0.05) is 13.0 Å². The maximum Gasteiger partial charge on any atom is 0.228 e. The summed E-state index contributed by atoms with van der Waals surface area (Å²) in [5.41, 5.74) is 7.74. The van der Waals surface area contributed by atoms with Gasteiger partial charge in [-0.3, -0.25) is 4.79 Å². The van der Waals surface area contributed by atoms with E-state index in [0.717, 1.165) is 30.3 Å². The lowest BCUT2D eigenvalue weighted by atomic mass is 9.80. The Morgan fingerprint density at radius 1 is 1.53 bits per heavy atom. The van der Waals surface area contributed by atoms with Gasteiger partial charge >= 0.3 is 0 Å². The first-order valence-corrected chi connectivity index (χ1v) is 5.85. The molecule has 5 nitrogen and oxygen atoms in total. The van der Waals surface area contributed by atoms with Gasteiger partial charge in [-0.15, -0.1) is 0 Å². The second kappa shape index (κ2) is 3.35. The highest BCUT2D eigenvalue weighted by molar-refractivity contribution is 6.12. The Bertz CT molecular complexity index is 605. The number of carbonyl (C=O) groups excluding carboxylic acids is 1. The van der Waals surface area contributed by atoms with Gasteiger partial charge in [-0.2, -0.15) is 5.10 Å². The minimum absolute atomic E-state index is 0.114. The minimum atomic E-state index is 0.114. The Balaban J connectivity index is 2.20. The van der Waals surface area contributed by atoms with Crippen LogP contribution in [0.2, 0.25) is 0 Å². The van der Waals surface area contributed by atoms with E-state index in [1.807, 2.05) is 6.92 Å². The number of hydrogen-bond acceptors (Lipinski definition) is 4. The fourth-order valence-electron chi connectivity index (χ4n) is 2.44. The highest BCUT2D eigenvalue weighted by atomic mass is 16.4. The molecule has 2 N–H and O–H groups in total. The van der Waals surface area contributed by atoms with Crippen molar-refractivity contribution >= 4 is 22.8 Å². The number of nitrogens with two attached hydrogens (primary N) is 1. The van der Waals surface area contributed by atoms with Crippen LogP contribution < -0.4 is 5.73 Å². The highest BCUT2D eigenvalue weighted by Crippen LogP contribution is 2.37. The number of Topliss-reactive ketones (excluding diaryl/α,β-unsaturated/α-hetero) is 1. The predicted molar refractivity (Wildman–Crippen MR) is 63.8 cm³/mol. The number of aryl methyl sites for hydroxylation is 2. The maximum atomic E-state index is 12.3. The molecule has 3 rings (SSSR count). The average molecular weight is 233 g/mol. The second-order valence-electron chi connectivity index (χ2n) is 4.72. The van der Waals surface area contributed by atoms with E-state index in [2.05, 4.69) is 5.10 Å². The molecule has 0 amide bonds. The zero-order valence-corrected chi connectivity index (χ0v) is 9.99. The minimum Gasteiger partial charge on any atom is -0.422 e. The van der Waals surface area contributed by atoms with Crippen LogP contribution in [0.4, 0.5) is 5.88 Å². The first-order valence-electron chi connectivity index (χ1n) is 5.85. The van der Waals surface area contributed by atoms with Crippen LogP contribution in [0.15, 0.2) is 4.42 Å². The number of anilines is 1. The third kappa shape index (κ3) is 1.31. The normalized spacial score (nSPS) is 16.4. The number of nitrogens with zero attached hydrogens (tertiary/aromatic N) is 2. The second-order valence-corrected chi connectivity index (χ2v) is 4.72. The fourth-order valence-corrected chi connectivity index (χ4v) is 2.44. The van der Waals surface area contributed by atoms with Crippen LogP contribution in [0.3, 0.4) is 0 Å². The van der Waals surface area contributed by atoms with Gasteiger partial charge in [0.25, 0.3) is 0 Å². The molecule has 0 saturated heterocycles. The predicted octanol–water partition coefficient (Wildman–Crippen LogP) is 2.04. The van der Waals surface area contributed by atoms with Crippen LogP contribution in [0.5, 0.6) is 0 Å². The van der Waals surface area contributed by atoms with Crippen molar-refractivity contribution in [1.29, 1.82) is 0 Å². The van der Waals surface area contributed by atoms with E-state index < -0.39 is 0 Å². The Morgan fingerprint density at radius 2 is 2.24 bits per heavy atom. The smallest absolute Gasteiger partial charge is 0.228 e. The Kier molecular flexibility index (Phi) is 2.05. The zero-order chi connectivity index (χ0) is 12.2. The summed E-state index contributed by atoms with van der Waals surface area (Å²) in [7, 11) is 1.79. The van der Waals surface area contributed by atoms with Crippen molar-refractivity contribution in [2.24, 2.45) is 13.0 Å². The first kappa shape index (κ1) is 10.4. The molecule has 1 aliphatic carbocycles. The lowest BCUT2D eigenvalue weighted by molar-refractivity contribution is 0.0857. The molecular formula is C12H15N3O2. The van der Waals surface area contributed by atoms with Gasteiger partial charge in [-0.1, -0.05) is 6.42 Å². The van der Waals surface area contributed by atoms with Crippen LogP contribution in [0.1, 0.15) is 35.3 Å². The van der Waals surface area contributed by atoms with Crippen LogP contribution in [0, 0.1) is 12.8 Å². The Morgan fingerprint density at radius 3 is 2.82 bits per heavy atom. The maximum absolute atomic E-state index is 12.3. The van der Waals surface area contributed by atoms with Gasteiger partial charge in [0.05, 0.1) is 16.6 Å². The molecule has 0 aromatic carbocycles. The third-order valence-corrected chi connectivity index (χ3v) is 3.59. The van der Waals surface area contributed by atoms with E-state index in [1.165, 1.54) is 0 Å². The van der Waals surface area contributed by atoms with Crippen LogP contribution in [-0.4, -0.2) is 15.6 Å². The number of fused-ring (bicyclic) bond motifs is 1. The quantitative estimate of drug-likeness (QED) is 0.805. The summed E-state index contributed by atoms with van der Waals surface area (Å²) in [4.78, 5) is 12.3. The van der Waals surface area contributed by atoms with E-state index in [4.69, 9.17) is 10.2 Å². The monoisotopic (exact) mass is 233 g/mol. The summed E-state index contributed by atoms with van der Waals surface area (Å²) in [5.74, 6) is 0.467. The van der Waals surface area contributed by atoms with Crippen molar-refractivity contribution in [3.63, 3.8) is 0 Å². The molecule has 2 aromatic rings. The van der Waals surface area contributed by atoms with E-state index in [1.54, 1.807) is 11.7 Å². The van der Waals surface area contributed by atoms with Crippen molar-refractivity contribution in [2.75, 3.05) is 5.73 Å². The van der Waals surface area contributed by atoms with Crippen LogP contribution in [-0.2, 0) is 7.05 Å². The summed E-state index contributed by atoms with van der Waals surface area (Å²) in [6.07, 6.45) is 3.05. The van der Waals surface area contributed by atoms with E-state index in [0.29, 0.717) is 11.3 Å². The van der Waals surface area contributed by atoms with Crippen molar-refractivity contribution in [2.45, 2.75) is 26.2 Å². The molecule has 0 unspecified atom stereocenters. The van der Waals surface area contributed by atoms with Crippen molar-refractivity contribution in [3.05, 3.63) is 11.3 Å². The summed E-state index contributed by atoms with van der Waals surface area (Å²) in [5, 5.41) is 5.03. The fraction of sp³-hybridized carbons (Fsp3) is 0.500. The Hall–Kier alpha value is -1.78. The van der Waals surface area contributed by atoms with E-state index in [-0.39, 0.29) is 17.6 Å². The number of hydrogen-bond donors (Lipinski definition) is 1. The molecule has 1 aliphatic rings. The molecular weight excluding hydrogens is 218 g/mol.